The molecule has 0 saturated carbocycles. The maximum absolute atomic E-state index is 13.5. The van der Waals surface area contributed by atoms with Crippen LogP contribution in [0.4, 0.5) is 4.39 Å². The molecule has 0 aliphatic carbocycles. The highest BCUT2D eigenvalue weighted by Crippen LogP contribution is 2.21. The molecule has 0 spiro atoms. The lowest BCUT2D eigenvalue weighted by atomic mass is 9.94. The van der Waals surface area contributed by atoms with E-state index in [1.165, 1.54) is 12.1 Å². The molecule has 0 aliphatic heterocycles. The minimum absolute atomic E-state index is 0. The number of nitrogens with two attached hydrogens (primary N) is 1. The quantitative estimate of drug-likeness (QED) is 0.723. The summed E-state index contributed by atoms with van der Waals surface area (Å²) in [5.41, 5.74) is 7.97. The second-order valence-corrected chi connectivity index (χ2v) is 6.50. The highest BCUT2D eigenvalue weighted by atomic mass is 35.5. The van der Waals surface area contributed by atoms with Crippen LogP contribution in [0.5, 0.6) is 0 Å². The molecule has 3 N–H and O–H groups in total. The molecule has 1 amide bonds. The van der Waals surface area contributed by atoms with Gasteiger partial charge in [-0.05, 0) is 37.4 Å². The van der Waals surface area contributed by atoms with Crippen LogP contribution < -0.4 is 11.1 Å². The lowest BCUT2D eigenvalue weighted by molar-refractivity contribution is -0.125. The molecule has 2 aromatic carbocycles. The van der Waals surface area contributed by atoms with E-state index in [0.717, 1.165) is 11.1 Å². The SMILES string of the molecule is CC(C(=O)NCC(c1cccc(F)c1)N(C)C)C(N)c1ccccc1.Cl.Cl. The number of amides is 1. The van der Waals surface area contributed by atoms with Crippen LogP contribution in [0.2, 0.25) is 0 Å². The van der Waals surface area contributed by atoms with Crippen LogP contribution in [0, 0.1) is 11.7 Å². The molecule has 0 aliphatic rings. The van der Waals surface area contributed by atoms with Gasteiger partial charge >= 0.3 is 0 Å². The third-order valence-corrected chi connectivity index (χ3v) is 4.46. The number of nitrogens with one attached hydrogen (secondary N) is 1. The summed E-state index contributed by atoms with van der Waals surface area (Å²) in [7, 11) is 3.81. The van der Waals surface area contributed by atoms with E-state index in [1.807, 2.05) is 62.3 Å². The second kappa shape index (κ2) is 11.9. The van der Waals surface area contributed by atoms with Crippen molar-refractivity contribution >= 4 is 30.7 Å². The molecular formula is C20H28Cl2FN3O. The molecule has 0 saturated heterocycles. The van der Waals surface area contributed by atoms with Crippen LogP contribution in [-0.4, -0.2) is 31.4 Å². The molecule has 3 unspecified atom stereocenters. The Kier molecular flexibility index (Phi) is 11.2. The van der Waals surface area contributed by atoms with E-state index in [-0.39, 0.29) is 54.5 Å². The number of halogens is 3. The topological polar surface area (TPSA) is 58.4 Å². The van der Waals surface area contributed by atoms with Gasteiger partial charge in [0.1, 0.15) is 5.82 Å². The summed E-state index contributed by atoms with van der Waals surface area (Å²) in [4.78, 5) is 14.5. The Hall–Kier alpha value is -1.66. The van der Waals surface area contributed by atoms with Gasteiger partial charge in [-0.1, -0.05) is 49.4 Å². The van der Waals surface area contributed by atoms with Gasteiger partial charge in [-0.25, -0.2) is 4.39 Å². The summed E-state index contributed by atoms with van der Waals surface area (Å²) in [6.07, 6.45) is 0. The predicted molar refractivity (Wildman–Crippen MR) is 113 cm³/mol. The lowest BCUT2D eigenvalue weighted by Gasteiger charge is -2.27. The van der Waals surface area contributed by atoms with Gasteiger partial charge in [0.25, 0.3) is 0 Å². The van der Waals surface area contributed by atoms with Gasteiger partial charge in [0.15, 0.2) is 0 Å². The predicted octanol–water partition coefficient (Wildman–Crippen LogP) is 3.72. The Balaban J connectivity index is 0.00000338. The van der Waals surface area contributed by atoms with Crippen LogP contribution >= 0.6 is 24.8 Å². The Morgan fingerprint density at radius 2 is 1.67 bits per heavy atom. The molecule has 7 heteroatoms. The minimum atomic E-state index is -0.367. The summed E-state index contributed by atoms with van der Waals surface area (Å²) < 4.78 is 13.5. The lowest BCUT2D eigenvalue weighted by Crippen LogP contribution is -2.40. The number of likely N-dealkylation sites (N-methyl/N-ethyl adjacent to an activating group) is 1. The summed E-state index contributed by atoms with van der Waals surface area (Å²) in [5, 5.41) is 2.95. The van der Waals surface area contributed by atoms with E-state index in [2.05, 4.69) is 5.32 Å². The van der Waals surface area contributed by atoms with Crippen molar-refractivity contribution in [2.24, 2.45) is 11.7 Å². The van der Waals surface area contributed by atoms with Gasteiger partial charge < -0.3 is 16.0 Å². The summed E-state index contributed by atoms with van der Waals surface area (Å²) in [6, 6.07) is 15.5. The van der Waals surface area contributed by atoms with Crippen molar-refractivity contribution in [3.8, 4) is 0 Å². The fourth-order valence-electron chi connectivity index (χ4n) is 2.80. The van der Waals surface area contributed by atoms with E-state index in [9.17, 15) is 9.18 Å². The maximum Gasteiger partial charge on any atom is 0.224 e. The first kappa shape index (κ1) is 25.3. The van der Waals surface area contributed by atoms with Crippen molar-refractivity contribution in [1.82, 2.24) is 10.2 Å². The van der Waals surface area contributed by atoms with Crippen molar-refractivity contribution in [1.29, 1.82) is 0 Å². The van der Waals surface area contributed by atoms with Gasteiger partial charge in [0.05, 0.1) is 12.0 Å². The number of carbonyl (C=O) groups is 1. The van der Waals surface area contributed by atoms with Gasteiger partial charge in [-0.15, -0.1) is 24.8 Å². The molecule has 4 nitrogen and oxygen atoms in total. The zero-order valence-electron chi connectivity index (χ0n) is 15.8. The summed E-state index contributed by atoms with van der Waals surface area (Å²) >= 11 is 0. The average molecular weight is 416 g/mol. The molecule has 0 fully saturated rings. The molecule has 0 bridgehead atoms. The molecule has 0 heterocycles. The van der Waals surface area contributed by atoms with Gasteiger partial charge in [0, 0.05) is 12.6 Å². The normalized spacial score (nSPS) is 13.7. The summed E-state index contributed by atoms with van der Waals surface area (Å²) in [6.45, 7) is 2.21. The molecule has 27 heavy (non-hydrogen) atoms. The first-order valence-electron chi connectivity index (χ1n) is 8.40. The summed E-state index contributed by atoms with van der Waals surface area (Å²) in [5.74, 6) is -0.757. The molecule has 3 atom stereocenters. The molecule has 2 aromatic rings. The van der Waals surface area contributed by atoms with E-state index < -0.39 is 0 Å². The highest BCUT2D eigenvalue weighted by molar-refractivity contribution is 5.85. The fourth-order valence-corrected chi connectivity index (χ4v) is 2.80. The second-order valence-electron chi connectivity index (χ2n) is 6.50. The third kappa shape index (κ3) is 7.11. The Bertz CT molecular complexity index is 701. The standard InChI is InChI=1S/C20H26FN3O.2ClH/c1-14(19(22)15-8-5-4-6-9-15)20(25)23-13-18(24(2)3)16-10-7-11-17(21)12-16;;/h4-12,14,18-19H,13,22H2,1-3H3,(H,23,25);2*1H. The van der Waals surface area contributed by atoms with Crippen molar-refractivity contribution in [2.45, 2.75) is 19.0 Å². The minimum Gasteiger partial charge on any atom is -0.354 e. The Morgan fingerprint density at radius 3 is 2.22 bits per heavy atom. The van der Waals surface area contributed by atoms with Crippen LogP contribution in [0.25, 0.3) is 0 Å². The van der Waals surface area contributed by atoms with Crippen LogP contribution in [0.1, 0.15) is 30.1 Å². The van der Waals surface area contributed by atoms with Crippen molar-refractivity contribution in [3.63, 3.8) is 0 Å². The molecule has 0 aromatic heterocycles. The van der Waals surface area contributed by atoms with Crippen LogP contribution in [0.15, 0.2) is 54.6 Å². The smallest absolute Gasteiger partial charge is 0.224 e. The van der Waals surface area contributed by atoms with Gasteiger partial charge in [-0.2, -0.15) is 0 Å². The Morgan fingerprint density at radius 1 is 1.07 bits per heavy atom. The van der Waals surface area contributed by atoms with Crippen LogP contribution in [-0.2, 0) is 4.79 Å². The molecule has 150 valence electrons. The number of rotatable bonds is 7. The third-order valence-electron chi connectivity index (χ3n) is 4.46. The van der Waals surface area contributed by atoms with Crippen LogP contribution in [0.3, 0.4) is 0 Å². The average Bonchev–Trinajstić information content (AvgIpc) is 2.61. The molecule has 0 radical (unpaired) electrons. The highest BCUT2D eigenvalue weighted by Gasteiger charge is 2.23. The zero-order chi connectivity index (χ0) is 18.4. The number of hydrogen-bond donors (Lipinski definition) is 2. The number of hydrogen-bond acceptors (Lipinski definition) is 3. The zero-order valence-corrected chi connectivity index (χ0v) is 17.4. The number of nitrogens with zero attached hydrogens (tertiary/aromatic N) is 1. The fraction of sp³-hybridized carbons (Fsp3) is 0.350. The van der Waals surface area contributed by atoms with Crippen molar-refractivity contribution in [2.75, 3.05) is 20.6 Å². The number of carbonyl (C=O) groups excluding carboxylic acids is 1. The largest absolute Gasteiger partial charge is 0.354 e. The first-order chi connectivity index (χ1) is 11.9. The van der Waals surface area contributed by atoms with E-state index in [1.54, 1.807) is 6.07 Å². The van der Waals surface area contributed by atoms with E-state index in [0.29, 0.717) is 6.54 Å². The molecular weight excluding hydrogens is 388 g/mol. The Labute approximate surface area is 173 Å². The maximum atomic E-state index is 13.5. The first-order valence-corrected chi connectivity index (χ1v) is 8.40. The van der Waals surface area contributed by atoms with E-state index >= 15 is 0 Å². The van der Waals surface area contributed by atoms with Gasteiger partial charge in [0.2, 0.25) is 5.91 Å². The van der Waals surface area contributed by atoms with Crippen molar-refractivity contribution in [3.05, 3.63) is 71.5 Å². The van der Waals surface area contributed by atoms with Crippen molar-refractivity contribution < 1.29 is 9.18 Å². The monoisotopic (exact) mass is 415 g/mol. The number of benzene rings is 2. The van der Waals surface area contributed by atoms with E-state index in [4.69, 9.17) is 5.73 Å². The molecule has 2 rings (SSSR count). The van der Waals surface area contributed by atoms with Gasteiger partial charge in [-0.3, -0.25) is 4.79 Å².